The summed E-state index contributed by atoms with van der Waals surface area (Å²) in [5.74, 6) is 0. The highest BCUT2D eigenvalue weighted by Crippen LogP contribution is 2.07. The molecule has 0 bridgehead atoms. The summed E-state index contributed by atoms with van der Waals surface area (Å²) < 4.78 is 5.73. The number of ether oxygens (including phenoxy) is 1. The van der Waals surface area contributed by atoms with Gasteiger partial charge in [0.15, 0.2) is 0 Å². The number of nitrogens with one attached hydrogen (secondary N) is 1. The van der Waals surface area contributed by atoms with Crippen molar-refractivity contribution in [2.45, 2.75) is 19.1 Å². The Labute approximate surface area is 78.9 Å². The molecule has 0 aliphatic carbocycles. The Morgan fingerprint density at radius 2 is 2.15 bits per heavy atom. The number of hydrogen-bond donors (Lipinski definition) is 1. The van der Waals surface area contributed by atoms with Gasteiger partial charge >= 0.3 is 0 Å². The molecule has 2 rings (SSSR count). The van der Waals surface area contributed by atoms with E-state index < -0.39 is 0 Å². The normalized spacial score (nSPS) is 22.0. The quantitative estimate of drug-likeness (QED) is 0.756. The van der Waals surface area contributed by atoms with Gasteiger partial charge in [0.1, 0.15) is 0 Å². The Bertz CT molecular complexity index is 242. The minimum atomic E-state index is 0.417. The molecule has 1 aliphatic heterocycles. The van der Waals surface area contributed by atoms with E-state index in [9.17, 15) is 0 Å². The van der Waals surface area contributed by atoms with E-state index in [2.05, 4.69) is 17.4 Å². The third-order valence-corrected chi connectivity index (χ3v) is 2.34. The lowest BCUT2D eigenvalue weighted by atomic mass is 10.2. The molecular weight excluding hydrogens is 162 g/mol. The van der Waals surface area contributed by atoms with Crippen molar-refractivity contribution >= 4 is 0 Å². The molecule has 1 N–H and O–H groups in total. The second-order valence-corrected chi connectivity index (χ2v) is 3.41. The van der Waals surface area contributed by atoms with Crippen molar-refractivity contribution in [3.63, 3.8) is 0 Å². The molecule has 2 heteroatoms. The summed E-state index contributed by atoms with van der Waals surface area (Å²) in [5, 5.41) is 3.28. The summed E-state index contributed by atoms with van der Waals surface area (Å²) in [6.45, 7) is 2.85. The first kappa shape index (κ1) is 8.73. The summed E-state index contributed by atoms with van der Waals surface area (Å²) >= 11 is 0. The molecule has 0 unspecified atom stereocenters. The minimum Gasteiger partial charge on any atom is -0.372 e. The van der Waals surface area contributed by atoms with Gasteiger partial charge < -0.3 is 10.1 Å². The SMILES string of the molecule is c1ccc(CO[C@H]2CCNC2)cc1. The first-order valence-corrected chi connectivity index (χ1v) is 4.81. The van der Waals surface area contributed by atoms with Crippen molar-refractivity contribution in [1.29, 1.82) is 0 Å². The van der Waals surface area contributed by atoms with E-state index in [1.165, 1.54) is 5.56 Å². The van der Waals surface area contributed by atoms with E-state index in [0.29, 0.717) is 6.10 Å². The summed E-state index contributed by atoms with van der Waals surface area (Å²) in [4.78, 5) is 0. The number of hydrogen-bond acceptors (Lipinski definition) is 2. The van der Waals surface area contributed by atoms with E-state index >= 15 is 0 Å². The Hall–Kier alpha value is -0.860. The maximum atomic E-state index is 5.73. The zero-order valence-electron chi connectivity index (χ0n) is 7.70. The van der Waals surface area contributed by atoms with E-state index in [1.54, 1.807) is 0 Å². The first-order chi connectivity index (χ1) is 6.45. The van der Waals surface area contributed by atoms with Crippen molar-refractivity contribution in [3.8, 4) is 0 Å². The average Bonchev–Trinajstić information content (AvgIpc) is 2.69. The van der Waals surface area contributed by atoms with E-state index in [-0.39, 0.29) is 0 Å². The van der Waals surface area contributed by atoms with Crippen LogP contribution < -0.4 is 5.32 Å². The lowest BCUT2D eigenvalue weighted by molar-refractivity contribution is 0.0542. The fraction of sp³-hybridized carbons (Fsp3) is 0.455. The van der Waals surface area contributed by atoms with E-state index in [0.717, 1.165) is 26.1 Å². The molecule has 1 aliphatic rings. The molecule has 13 heavy (non-hydrogen) atoms. The zero-order chi connectivity index (χ0) is 8.93. The van der Waals surface area contributed by atoms with Crippen LogP contribution in [0.3, 0.4) is 0 Å². The van der Waals surface area contributed by atoms with Crippen LogP contribution in [0.15, 0.2) is 30.3 Å². The summed E-state index contributed by atoms with van der Waals surface area (Å²) in [7, 11) is 0. The van der Waals surface area contributed by atoms with Crippen molar-refractivity contribution < 1.29 is 4.74 Å². The van der Waals surface area contributed by atoms with Crippen LogP contribution in [0.1, 0.15) is 12.0 Å². The summed E-state index contributed by atoms with van der Waals surface area (Å²) in [5.41, 5.74) is 1.26. The highest BCUT2D eigenvalue weighted by Gasteiger charge is 2.13. The zero-order valence-corrected chi connectivity index (χ0v) is 7.70. The molecular formula is C11H15NO. The van der Waals surface area contributed by atoms with Crippen molar-refractivity contribution in [3.05, 3.63) is 35.9 Å². The molecule has 0 radical (unpaired) electrons. The molecule has 0 amide bonds. The van der Waals surface area contributed by atoms with Gasteiger partial charge in [-0.25, -0.2) is 0 Å². The Morgan fingerprint density at radius 1 is 1.31 bits per heavy atom. The molecule has 0 aromatic heterocycles. The van der Waals surface area contributed by atoms with Gasteiger partial charge in [-0.2, -0.15) is 0 Å². The van der Waals surface area contributed by atoms with Gasteiger partial charge in [0, 0.05) is 6.54 Å². The van der Waals surface area contributed by atoms with Crippen molar-refractivity contribution in [2.75, 3.05) is 13.1 Å². The Kier molecular flexibility index (Phi) is 2.95. The molecule has 1 aromatic carbocycles. The highest BCUT2D eigenvalue weighted by atomic mass is 16.5. The van der Waals surface area contributed by atoms with Crippen LogP contribution >= 0.6 is 0 Å². The molecule has 1 atom stereocenters. The molecule has 70 valence electrons. The van der Waals surface area contributed by atoms with Gasteiger partial charge in [0.05, 0.1) is 12.7 Å². The Balaban J connectivity index is 1.79. The molecule has 0 saturated carbocycles. The molecule has 2 nitrogen and oxygen atoms in total. The lowest BCUT2D eigenvalue weighted by Gasteiger charge is -2.09. The predicted molar refractivity (Wildman–Crippen MR) is 52.5 cm³/mol. The lowest BCUT2D eigenvalue weighted by Crippen LogP contribution is -2.16. The van der Waals surface area contributed by atoms with Crippen LogP contribution in [0.4, 0.5) is 0 Å². The molecule has 1 saturated heterocycles. The fourth-order valence-electron chi connectivity index (χ4n) is 1.56. The van der Waals surface area contributed by atoms with Crippen LogP contribution in [0.5, 0.6) is 0 Å². The second kappa shape index (κ2) is 4.40. The van der Waals surface area contributed by atoms with Crippen LogP contribution in [0.2, 0.25) is 0 Å². The standard InChI is InChI=1S/C11H15NO/c1-2-4-10(5-3-1)9-13-11-6-7-12-8-11/h1-5,11-12H,6-9H2/t11-/m0/s1. The van der Waals surface area contributed by atoms with Gasteiger partial charge in [-0.3, -0.25) is 0 Å². The number of benzene rings is 1. The smallest absolute Gasteiger partial charge is 0.0721 e. The topological polar surface area (TPSA) is 21.3 Å². The molecule has 1 fully saturated rings. The van der Waals surface area contributed by atoms with Gasteiger partial charge in [-0.1, -0.05) is 30.3 Å². The van der Waals surface area contributed by atoms with Gasteiger partial charge in [0.25, 0.3) is 0 Å². The van der Waals surface area contributed by atoms with E-state index in [1.807, 2.05) is 18.2 Å². The number of rotatable bonds is 3. The highest BCUT2D eigenvalue weighted by molar-refractivity contribution is 5.13. The molecule has 1 heterocycles. The third-order valence-electron chi connectivity index (χ3n) is 2.34. The van der Waals surface area contributed by atoms with Gasteiger partial charge in [0.2, 0.25) is 0 Å². The second-order valence-electron chi connectivity index (χ2n) is 3.41. The minimum absolute atomic E-state index is 0.417. The monoisotopic (exact) mass is 177 g/mol. The van der Waals surface area contributed by atoms with Crippen molar-refractivity contribution in [2.24, 2.45) is 0 Å². The first-order valence-electron chi connectivity index (χ1n) is 4.81. The summed E-state index contributed by atoms with van der Waals surface area (Å²) in [6.07, 6.45) is 1.56. The maximum absolute atomic E-state index is 5.73. The predicted octanol–water partition coefficient (Wildman–Crippen LogP) is 1.57. The van der Waals surface area contributed by atoms with Crippen LogP contribution in [0, 0.1) is 0 Å². The maximum Gasteiger partial charge on any atom is 0.0721 e. The van der Waals surface area contributed by atoms with Gasteiger partial charge in [-0.05, 0) is 18.5 Å². The Morgan fingerprint density at radius 3 is 2.85 bits per heavy atom. The molecule has 0 spiro atoms. The molecule has 1 aromatic rings. The van der Waals surface area contributed by atoms with Crippen LogP contribution in [-0.4, -0.2) is 19.2 Å². The van der Waals surface area contributed by atoms with E-state index in [4.69, 9.17) is 4.74 Å². The largest absolute Gasteiger partial charge is 0.372 e. The fourth-order valence-corrected chi connectivity index (χ4v) is 1.56. The van der Waals surface area contributed by atoms with Crippen LogP contribution in [0.25, 0.3) is 0 Å². The summed E-state index contributed by atoms with van der Waals surface area (Å²) in [6, 6.07) is 10.3. The van der Waals surface area contributed by atoms with Gasteiger partial charge in [-0.15, -0.1) is 0 Å². The average molecular weight is 177 g/mol. The van der Waals surface area contributed by atoms with Crippen LogP contribution in [-0.2, 0) is 11.3 Å². The third kappa shape index (κ3) is 2.54. The van der Waals surface area contributed by atoms with Crippen molar-refractivity contribution in [1.82, 2.24) is 5.32 Å².